The predicted molar refractivity (Wildman–Crippen MR) is 120 cm³/mol. The van der Waals surface area contributed by atoms with Gasteiger partial charge in [0, 0.05) is 10.8 Å². The van der Waals surface area contributed by atoms with Crippen LogP contribution in [0.5, 0.6) is 0 Å². The minimum atomic E-state index is -5.07. The summed E-state index contributed by atoms with van der Waals surface area (Å²) < 4.78 is 133. The van der Waals surface area contributed by atoms with E-state index in [1.54, 1.807) is 12.1 Å². The SMILES string of the molecule is O=S(=O)([O-])c1ccc2ccccc2c1S(=O)(=O)[O-].O=S(=O)([O-])c1ccc2ccccc2c1S(=O)(=O)[O-].[Na+].[Na+].[Na+].[Na+]. The Hall–Kier alpha value is 1.04. The van der Waals surface area contributed by atoms with Crippen molar-refractivity contribution < 1.29 is 170 Å². The average Bonchev–Trinajstić information content (AvgIpc) is 2.75. The molecule has 0 N–H and O–H groups in total. The van der Waals surface area contributed by atoms with Gasteiger partial charge in [-0.15, -0.1) is 0 Å². The van der Waals surface area contributed by atoms with E-state index >= 15 is 0 Å². The van der Waals surface area contributed by atoms with Crippen molar-refractivity contribution >= 4 is 62.0 Å². The Bertz CT molecular complexity index is 1800. The number of benzene rings is 4. The van der Waals surface area contributed by atoms with Gasteiger partial charge in [0.15, 0.2) is 0 Å². The molecule has 0 saturated carbocycles. The maximum absolute atomic E-state index is 11.2. The second kappa shape index (κ2) is 16.4. The molecule has 0 atom stereocenters. The average molecular weight is 665 g/mol. The first kappa shape index (κ1) is 43.2. The molecule has 20 heteroatoms. The molecule has 0 aliphatic rings. The van der Waals surface area contributed by atoms with Crippen molar-refractivity contribution in [3.05, 3.63) is 72.8 Å². The summed E-state index contributed by atoms with van der Waals surface area (Å²) in [6, 6.07) is 15.8. The molecule has 0 bridgehead atoms. The van der Waals surface area contributed by atoms with E-state index in [1.807, 2.05) is 0 Å². The Morgan fingerprint density at radius 2 is 0.650 bits per heavy atom. The molecule has 40 heavy (non-hydrogen) atoms. The van der Waals surface area contributed by atoms with Gasteiger partial charge in [0.1, 0.15) is 40.5 Å². The van der Waals surface area contributed by atoms with Gasteiger partial charge in [-0.05, 0) is 22.9 Å². The standard InChI is InChI=1S/2C10H8O6S2.4Na/c2*11-17(12,13)9-6-5-7-3-1-2-4-8(7)10(9)18(14,15)16;;;;/h2*1-6H,(H,11,12,13)(H,14,15,16);;;;/q;;4*+1/p-4. The maximum Gasteiger partial charge on any atom is 1.00 e. The van der Waals surface area contributed by atoms with Gasteiger partial charge >= 0.3 is 118 Å². The van der Waals surface area contributed by atoms with Crippen LogP contribution in [0.25, 0.3) is 21.5 Å². The zero-order valence-corrected chi connectivity index (χ0v) is 32.7. The van der Waals surface area contributed by atoms with Crippen LogP contribution in [0.1, 0.15) is 0 Å². The normalized spacial score (nSPS) is 11.5. The molecule has 0 unspecified atom stereocenters. The van der Waals surface area contributed by atoms with Crippen LogP contribution in [-0.2, 0) is 40.5 Å². The fourth-order valence-electron chi connectivity index (χ4n) is 3.36. The monoisotopic (exact) mass is 664 g/mol. The van der Waals surface area contributed by atoms with Crippen LogP contribution in [0.3, 0.4) is 0 Å². The first-order chi connectivity index (χ1) is 16.4. The summed E-state index contributed by atoms with van der Waals surface area (Å²) in [4.78, 5) is -4.02. The third-order valence-corrected chi connectivity index (χ3v) is 8.62. The fraction of sp³-hybridized carbons (Fsp3) is 0. The molecule has 0 fully saturated rings. The number of rotatable bonds is 4. The molecule has 0 aromatic heterocycles. The third kappa shape index (κ3) is 10.6. The summed E-state index contributed by atoms with van der Waals surface area (Å²) in [5.74, 6) is 0. The predicted octanol–water partition coefficient (Wildman–Crippen LogP) is -10.7. The molecule has 4 aromatic carbocycles. The van der Waals surface area contributed by atoms with E-state index in [4.69, 9.17) is 0 Å². The molecule has 4 aromatic rings. The van der Waals surface area contributed by atoms with Crippen LogP contribution in [0.2, 0.25) is 0 Å². The summed E-state index contributed by atoms with van der Waals surface area (Å²) in [7, 11) is -20.2. The van der Waals surface area contributed by atoms with Crippen LogP contribution in [-0.4, -0.2) is 51.9 Å². The second-order valence-corrected chi connectivity index (χ2v) is 12.4. The first-order valence-corrected chi connectivity index (χ1v) is 14.9. The van der Waals surface area contributed by atoms with Crippen molar-refractivity contribution in [2.24, 2.45) is 0 Å². The second-order valence-electron chi connectivity index (χ2n) is 7.04. The van der Waals surface area contributed by atoms with Gasteiger partial charge in [-0.2, -0.15) is 0 Å². The van der Waals surface area contributed by atoms with Gasteiger partial charge in [0.25, 0.3) is 0 Å². The first-order valence-electron chi connectivity index (χ1n) is 9.29. The van der Waals surface area contributed by atoms with Crippen molar-refractivity contribution in [1.29, 1.82) is 0 Å². The quantitative estimate of drug-likeness (QED) is 0.146. The number of fused-ring (bicyclic) bond motifs is 2. The van der Waals surface area contributed by atoms with E-state index in [1.165, 1.54) is 48.5 Å². The summed E-state index contributed by atoms with van der Waals surface area (Å²) in [6.45, 7) is 0. The smallest absolute Gasteiger partial charge is 0.744 e. The van der Waals surface area contributed by atoms with Crippen molar-refractivity contribution in [1.82, 2.24) is 0 Å². The molecule has 192 valence electrons. The molecular formula is C20H12Na4O12S4. The molecule has 0 saturated heterocycles. The van der Waals surface area contributed by atoms with Gasteiger partial charge < -0.3 is 18.2 Å². The largest absolute Gasteiger partial charge is 1.00 e. The zero-order chi connectivity index (χ0) is 27.1. The summed E-state index contributed by atoms with van der Waals surface area (Å²) in [5, 5.41) is 0.563. The Morgan fingerprint density at radius 3 is 0.900 bits per heavy atom. The van der Waals surface area contributed by atoms with Crippen molar-refractivity contribution in [3.8, 4) is 0 Å². The van der Waals surface area contributed by atoms with Crippen LogP contribution >= 0.6 is 0 Å². The van der Waals surface area contributed by atoms with Crippen molar-refractivity contribution in [3.63, 3.8) is 0 Å². The van der Waals surface area contributed by atoms with Gasteiger partial charge in [0.2, 0.25) is 0 Å². The molecule has 12 nitrogen and oxygen atoms in total. The molecular weight excluding hydrogens is 652 g/mol. The van der Waals surface area contributed by atoms with E-state index in [9.17, 15) is 51.9 Å². The van der Waals surface area contributed by atoms with Gasteiger partial charge in [-0.3, -0.25) is 0 Å². The third-order valence-electron chi connectivity index (χ3n) is 4.73. The van der Waals surface area contributed by atoms with Crippen molar-refractivity contribution in [2.75, 3.05) is 0 Å². The minimum Gasteiger partial charge on any atom is -0.744 e. The van der Waals surface area contributed by atoms with E-state index in [0.29, 0.717) is 10.8 Å². The van der Waals surface area contributed by atoms with E-state index in [-0.39, 0.29) is 129 Å². The summed E-state index contributed by atoms with van der Waals surface area (Å²) in [6.07, 6.45) is 0. The Balaban J connectivity index is 0. The van der Waals surface area contributed by atoms with Gasteiger partial charge in [-0.1, -0.05) is 60.7 Å². The fourth-order valence-corrected chi connectivity index (χ4v) is 7.26. The molecule has 0 heterocycles. The molecule has 0 aliphatic heterocycles. The topological polar surface area (TPSA) is 229 Å². The number of hydrogen-bond acceptors (Lipinski definition) is 12. The van der Waals surface area contributed by atoms with Gasteiger partial charge in [-0.25, -0.2) is 33.7 Å². The Morgan fingerprint density at radius 1 is 0.375 bits per heavy atom. The van der Waals surface area contributed by atoms with Crippen LogP contribution in [0.15, 0.2) is 92.4 Å². The zero-order valence-electron chi connectivity index (χ0n) is 21.5. The Labute approximate surface area is 319 Å². The molecule has 0 aliphatic carbocycles. The minimum absolute atomic E-state index is 0. The molecule has 4 rings (SSSR count). The van der Waals surface area contributed by atoms with Crippen molar-refractivity contribution in [2.45, 2.75) is 19.6 Å². The Kier molecular flexibility index (Phi) is 17.7. The molecule has 0 radical (unpaired) electrons. The molecule has 0 spiro atoms. The van der Waals surface area contributed by atoms with Gasteiger partial charge in [0.05, 0.1) is 19.6 Å². The van der Waals surface area contributed by atoms with E-state index in [2.05, 4.69) is 0 Å². The summed E-state index contributed by atoms with van der Waals surface area (Å²) in [5.41, 5.74) is 0. The van der Waals surface area contributed by atoms with Crippen LogP contribution in [0, 0.1) is 0 Å². The van der Waals surface area contributed by atoms with E-state index < -0.39 is 60.1 Å². The maximum atomic E-state index is 11.2. The summed E-state index contributed by atoms with van der Waals surface area (Å²) >= 11 is 0. The number of hydrogen-bond donors (Lipinski definition) is 0. The van der Waals surface area contributed by atoms with Crippen LogP contribution < -0.4 is 118 Å². The van der Waals surface area contributed by atoms with Crippen LogP contribution in [0.4, 0.5) is 0 Å². The van der Waals surface area contributed by atoms with E-state index in [0.717, 1.165) is 12.1 Å². The molecule has 0 amide bonds.